The smallest absolute Gasteiger partial charge is 0.274 e. The van der Waals surface area contributed by atoms with Gasteiger partial charge in [0.15, 0.2) is 0 Å². The zero-order valence-corrected chi connectivity index (χ0v) is 23.6. The quantitative estimate of drug-likeness (QED) is 0.114. The molecule has 4 aliphatic rings. The van der Waals surface area contributed by atoms with Crippen molar-refractivity contribution in [3.05, 3.63) is 129 Å². The van der Waals surface area contributed by atoms with Gasteiger partial charge in [-0.1, -0.05) is 78.1 Å². The number of nitro groups is 1. The number of benzene rings is 4. The van der Waals surface area contributed by atoms with Gasteiger partial charge in [0.05, 0.1) is 32.4 Å². The molecule has 1 aromatic heterocycles. The Kier molecular flexibility index (Phi) is 5.42. The molecule has 1 N–H and O–H groups in total. The lowest BCUT2D eigenvalue weighted by atomic mass is 9.47. The average molecular weight is 586 g/mol. The van der Waals surface area contributed by atoms with Gasteiger partial charge < -0.3 is 0 Å². The minimum absolute atomic E-state index is 0.00722. The highest BCUT2D eigenvalue weighted by Crippen LogP contribution is 2.64. The molecule has 2 atom stereocenters. The Labute approximate surface area is 249 Å². The molecule has 0 saturated carbocycles. The van der Waals surface area contributed by atoms with Crippen LogP contribution in [-0.4, -0.2) is 27.9 Å². The number of hydrogen-bond acceptors (Lipinski definition) is 8. The second kappa shape index (κ2) is 9.14. The first-order valence-electron chi connectivity index (χ1n) is 13.9. The molecule has 0 unspecified atom stereocenters. The summed E-state index contributed by atoms with van der Waals surface area (Å²) in [4.78, 5) is 46.1. The molecular formula is C33H23N5O4S. The summed E-state index contributed by atoms with van der Waals surface area (Å²) in [5, 5.41) is 17.4. The highest BCUT2D eigenvalue weighted by molar-refractivity contribution is 7.22. The molecule has 3 aliphatic carbocycles. The fourth-order valence-electron chi connectivity index (χ4n) is 7.37. The number of anilines is 2. The monoisotopic (exact) mass is 585 g/mol. The van der Waals surface area contributed by atoms with Crippen LogP contribution in [0.4, 0.5) is 16.5 Å². The van der Waals surface area contributed by atoms with Crippen molar-refractivity contribution < 1.29 is 14.5 Å². The van der Waals surface area contributed by atoms with Crippen LogP contribution in [0.1, 0.15) is 33.7 Å². The molecule has 4 aromatic carbocycles. The van der Waals surface area contributed by atoms with Gasteiger partial charge in [-0.15, -0.1) is 0 Å². The number of carbonyl (C=O) groups is 2. The number of imide groups is 1. The Hall–Kier alpha value is -5.22. The molecular weight excluding hydrogens is 562 g/mol. The fraction of sp³-hybridized carbons (Fsp3) is 0.152. The zero-order chi connectivity index (χ0) is 29.5. The summed E-state index contributed by atoms with van der Waals surface area (Å²) in [7, 11) is 0. The molecule has 10 heteroatoms. The van der Waals surface area contributed by atoms with E-state index in [1.54, 1.807) is 19.2 Å². The number of aryl methyl sites for hydroxylation is 1. The maximum absolute atomic E-state index is 14.6. The third-order valence-corrected chi connectivity index (χ3v) is 9.92. The number of fused-ring (bicyclic) bond motifs is 1. The number of hydrogen-bond donors (Lipinski definition) is 1. The van der Waals surface area contributed by atoms with Crippen LogP contribution in [0.2, 0.25) is 0 Å². The minimum Gasteiger partial charge on any atom is -0.274 e. The predicted molar refractivity (Wildman–Crippen MR) is 165 cm³/mol. The fourth-order valence-corrected chi connectivity index (χ4v) is 8.18. The molecule has 1 aliphatic heterocycles. The highest BCUT2D eigenvalue weighted by Gasteiger charge is 2.68. The number of nitro benzene ring substituents is 1. The summed E-state index contributed by atoms with van der Waals surface area (Å²) in [6.07, 6.45) is 1.74. The number of carbonyl (C=O) groups excluding carboxylic acids is 2. The van der Waals surface area contributed by atoms with E-state index >= 15 is 0 Å². The van der Waals surface area contributed by atoms with E-state index in [2.05, 4.69) is 15.5 Å². The molecule has 2 heterocycles. The molecule has 2 bridgehead atoms. The van der Waals surface area contributed by atoms with Gasteiger partial charge in [-0.25, -0.2) is 9.88 Å². The number of thiazole rings is 1. The predicted octanol–water partition coefficient (Wildman–Crippen LogP) is 6.16. The Morgan fingerprint density at radius 2 is 1.63 bits per heavy atom. The van der Waals surface area contributed by atoms with Crippen molar-refractivity contribution in [3.63, 3.8) is 0 Å². The van der Waals surface area contributed by atoms with Crippen LogP contribution >= 0.6 is 11.3 Å². The minimum atomic E-state index is -1.10. The van der Waals surface area contributed by atoms with E-state index in [-0.39, 0.29) is 17.3 Å². The van der Waals surface area contributed by atoms with Crippen LogP contribution in [0.15, 0.2) is 96.1 Å². The average Bonchev–Trinajstić information content (AvgIpc) is 3.55. The molecule has 2 amide bonds. The van der Waals surface area contributed by atoms with Gasteiger partial charge in [0.2, 0.25) is 16.9 Å². The van der Waals surface area contributed by atoms with Crippen molar-refractivity contribution in [2.75, 3.05) is 10.3 Å². The number of aromatic nitrogens is 1. The standard InChI is InChI=1S/C33H23N5O4S/c1-18-14-15-24(25(16-18)38(41)42)37-30(39)28-27-19-8-2-4-10-21(19)33(29(28)31(37)40,22-11-5-3-9-20(22)27)17-34-36-32-35-23-12-6-7-13-26(23)43-32/h2-17,27-29H,1H3,(H,35,36)/b34-17-/t27?,28-,29+,33?/m0/s1. The van der Waals surface area contributed by atoms with Crippen LogP contribution in [0.5, 0.6) is 0 Å². The van der Waals surface area contributed by atoms with Crippen molar-refractivity contribution in [2.45, 2.75) is 18.3 Å². The first kappa shape index (κ1) is 25.5. The Morgan fingerprint density at radius 3 is 2.33 bits per heavy atom. The van der Waals surface area contributed by atoms with Crippen molar-refractivity contribution in [3.8, 4) is 0 Å². The first-order chi connectivity index (χ1) is 20.9. The summed E-state index contributed by atoms with van der Waals surface area (Å²) in [5.74, 6) is -2.89. The van der Waals surface area contributed by atoms with Gasteiger partial charge >= 0.3 is 0 Å². The summed E-state index contributed by atoms with van der Waals surface area (Å²) in [5.41, 5.74) is 6.91. The summed E-state index contributed by atoms with van der Waals surface area (Å²) in [6.45, 7) is 1.74. The molecule has 9 rings (SSSR count). The van der Waals surface area contributed by atoms with Crippen molar-refractivity contribution in [1.29, 1.82) is 0 Å². The van der Waals surface area contributed by atoms with Crippen LogP contribution in [0.3, 0.4) is 0 Å². The van der Waals surface area contributed by atoms with E-state index in [4.69, 9.17) is 0 Å². The molecule has 9 nitrogen and oxygen atoms in total. The van der Waals surface area contributed by atoms with E-state index < -0.39 is 34.0 Å². The topological polar surface area (TPSA) is 118 Å². The molecule has 1 saturated heterocycles. The van der Waals surface area contributed by atoms with Gasteiger partial charge in [-0.3, -0.25) is 25.1 Å². The first-order valence-corrected chi connectivity index (χ1v) is 14.7. The van der Waals surface area contributed by atoms with Gasteiger partial charge in [0, 0.05) is 18.2 Å². The van der Waals surface area contributed by atoms with E-state index in [9.17, 15) is 19.7 Å². The van der Waals surface area contributed by atoms with E-state index in [0.717, 1.165) is 37.4 Å². The lowest BCUT2D eigenvalue weighted by Crippen LogP contribution is -2.54. The Balaban J connectivity index is 1.32. The lowest BCUT2D eigenvalue weighted by molar-refractivity contribution is -0.384. The van der Waals surface area contributed by atoms with Gasteiger partial charge in [0.25, 0.3) is 5.69 Å². The number of rotatable bonds is 5. The van der Waals surface area contributed by atoms with Crippen LogP contribution in [-0.2, 0) is 15.0 Å². The largest absolute Gasteiger partial charge is 0.293 e. The molecule has 43 heavy (non-hydrogen) atoms. The van der Waals surface area contributed by atoms with E-state index in [1.807, 2.05) is 72.8 Å². The Bertz CT molecular complexity index is 1970. The second-order valence-corrected chi connectivity index (χ2v) is 12.2. The van der Waals surface area contributed by atoms with Crippen molar-refractivity contribution in [2.24, 2.45) is 16.9 Å². The van der Waals surface area contributed by atoms with Crippen LogP contribution in [0, 0.1) is 28.9 Å². The molecule has 0 radical (unpaired) electrons. The van der Waals surface area contributed by atoms with Gasteiger partial charge in [0.1, 0.15) is 5.69 Å². The molecule has 1 fully saturated rings. The number of hydrazone groups is 1. The zero-order valence-electron chi connectivity index (χ0n) is 22.8. The second-order valence-electron chi connectivity index (χ2n) is 11.1. The summed E-state index contributed by atoms with van der Waals surface area (Å²) >= 11 is 1.47. The SMILES string of the molecule is Cc1ccc(N2C(=O)[C@H]3C4c5ccccc5C(/C=N\Nc5nc6ccccc6s5)(c5ccccc54)[C@H]3C2=O)c([N+](=O)[O-])c1. The molecule has 210 valence electrons. The summed E-state index contributed by atoms with van der Waals surface area (Å²) < 4.78 is 1.01. The number of nitrogens with zero attached hydrogens (tertiary/aromatic N) is 4. The number of amides is 2. The van der Waals surface area contributed by atoms with Crippen LogP contribution in [0.25, 0.3) is 10.2 Å². The van der Waals surface area contributed by atoms with Crippen molar-refractivity contribution >= 4 is 56.1 Å². The van der Waals surface area contributed by atoms with Crippen molar-refractivity contribution in [1.82, 2.24) is 4.98 Å². The van der Waals surface area contributed by atoms with Crippen LogP contribution < -0.4 is 10.3 Å². The van der Waals surface area contributed by atoms with E-state index in [0.29, 0.717) is 10.7 Å². The van der Waals surface area contributed by atoms with E-state index in [1.165, 1.54) is 23.5 Å². The molecule has 0 spiro atoms. The maximum atomic E-state index is 14.6. The number of nitrogens with one attached hydrogen (secondary N) is 1. The third kappa shape index (κ3) is 3.44. The van der Waals surface area contributed by atoms with Gasteiger partial charge in [-0.2, -0.15) is 5.10 Å². The Morgan fingerprint density at radius 1 is 0.953 bits per heavy atom. The number of para-hydroxylation sites is 1. The maximum Gasteiger partial charge on any atom is 0.293 e. The highest BCUT2D eigenvalue weighted by atomic mass is 32.1. The van der Waals surface area contributed by atoms with Gasteiger partial charge in [-0.05, 0) is 52.9 Å². The third-order valence-electron chi connectivity index (χ3n) is 8.97. The lowest BCUT2D eigenvalue weighted by Gasteiger charge is -2.52. The summed E-state index contributed by atoms with van der Waals surface area (Å²) in [6, 6.07) is 28.1. The normalized spacial score (nSPS) is 23.5. The molecule has 5 aromatic rings.